The fourth-order valence-corrected chi connectivity index (χ4v) is 4.08. The van der Waals surface area contributed by atoms with Gasteiger partial charge < -0.3 is 0 Å². The summed E-state index contributed by atoms with van der Waals surface area (Å²) >= 11 is 3.03. The quantitative estimate of drug-likeness (QED) is 0.535. The Hall–Kier alpha value is -2.07. The van der Waals surface area contributed by atoms with Crippen molar-refractivity contribution in [2.75, 3.05) is 29.9 Å². The minimum atomic E-state index is -0.0175. The van der Waals surface area contributed by atoms with Crippen LogP contribution >= 0.6 is 12.4 Å². The number of anilines is 2. The summed E-state index contributed by atoms with van der Waals surface area (Å²) in [7, 11) is 1.91. The zero-order valence-electron chi connectivity index (χ0n) is 15.2. The van der Waals surface area contributed by atoms with E-state index in [0.717, 1.165) is 29.0 Å². The zero-order chi connectivity index (χ0) is 18.1. The topological polar surface area (TPSA) is 26.8 Å². The summed E-state index contributed by atoms with van der Waals surface area (Å²) in [6, 6.07) is 18.2. The molecule has 0 bridgehead atoms. The summed E-state index contributed by atoms with van der Waals surface area (Å²) in [6.45, 7) is 2.27. The van der Waals surface area contributed by atoms with Crippen LogP contribution < -0.4 is 9.80 Å². The number of halogens is 1. The standard InChI is InChI=1S/C21H21N3OSe.ClH/c1-22-19(20(25)24(21(22)26)18-7-3-2-4-8-18)15-16-9-11-17(12-10-16)23-13-5-6-14-23;/h2-4,7-12,15H,5-6,13-14H2,1H3;1H. The summed E-state index contributed by atoms with van der Waals surface area (Å²) in [5.41, 5.74) is 3.83. The maximum absolute atomic E-state index is 13.0. The van der Waals surface area contributed by atoms with E-state index in [4.69, 9.17) is 0 Å². The van der Waals surface area contributed by atoms with Gasteiger partial charge in [-0.2, -0.15) is 0 Å². The van der Waals surface area contributed by atoms with Gasteiger partial charge in [-0.1, -0.05) is 0 Å². The van der Waals surface area contributed by atoms with Crippen LogP contribution in [0.2, 0.25) is 0 Å². The van der Waals surface area contributed by atoms with Gasteiger partial charge in [0.2, 0.25) is 0 Å². The molecule has 0 aliphatic carbocycles. The van der Waals surface area contributed by atoms with Crippen molar-refractivity contribution in [2.24, 2.45) is 0 Å². The molecule has 4 nitrogen and oxygen atoms in total. The normalized spacial score (nSPS) is 18.4. The van der Waals surface area contributed by atoms with E-state index in [1.165, 1.54) is 18.5 Å². The largest absolute Gasteiger partial charge is 0.147 e. The third kappa shape index (κ3) is 3.81. The van der Waals surface area contributed by atoms with Gasteiger partial charge in [-0.05, 0) is 0 Å². The summed E-state index contributed by atoms with van der Waals surface area (Å²) < 4.78 is 0.793. The van der Waals surface area contributed by atoms with Crippen LogP contribution in [-0.2, 0) is 4.79 Å². The molecule has 27 heavy (non-hydrogen) atoms. The zero-order valence-corrected chi connectivity index (χ0v) is 17.7. The maximum Gasteiger partial charge on any atom is -0.147 e. The third-order valence-electron chi connectivity index (χ3n) is 4.94. The van der Waals surface area contributed by atoms with E-state index in [9.17, 15) is 4.79 Å². The average molecular weight is 447 g/mol. The Balaban J connectivity index is 0.00000210. The molecule has 140 valence electrons. The molecule has 4 rings (SSSR count). The number of carbonyl (C=O) groups is 1. The second-order valence-electron chi connectivity index (χ2n) is 6.63. The molecule has 2 aliphatic rings. The van der Waals surface area contributed by atoms with Crippen LogP contribution in [0.4, 0.5) is 11.4 Å². The Kier molecular flexibility index (Phi) is 6.05. The second-order valence-corrected chi connectivity index (χ2v) is 7.40. The van der Waals surface area contributed by atoms with E-state index >= 15 is 0 Å². The number of nitrogens with zero attached hydrogens (tertiary/aromatic N) is 3. The van der Waals surface area contributed by atoms with Crippen LogP contribution in [0.25, 0.3) is 6.08 Å². The number of likely N-dealkylation sites (N-methyl/N-ethyl adjacent to an activating group) is 1. The fraction of sp³-hybridized carbons (Fsp3) is 0.238. The first-order valence-corrected chi connectivity index (χ1v) is 9.75. The molecule has 2 saturated heterocycles. The minimum absolute atomic E-state index is 0. The number of benzene rings is 2. The number of carbonyl (C=O) groups excluding carboxylic acids is 1. The Labute approximate surface area is 174 Å². The number of hydrogen-bond donors (Lipinski definition) is 0. The van der Waals surface area contributed by atoms with Crippen molar-refractivity contribution in [2.45, 2.75) is 12.8 Å². The van der Waals surface area contributed by atoms with Crippen LogP contribution in [0.5, 0.6) is 0 Å². The molecule has 2 fully saturated rings. The van der Waals surface area contributed by atoms with Crippen LogP contribution in [0.3, 0.4) is 0 Å². The Morgan fingerprint density at radius 2 is 1.56 bits per heavy atom. The summed E-state index contributed by atoms with van der Waals surface area (Å²) in [6.07, 6.45) is 4.49. The van der Waals surface area contributed by atoms with Gasteiger partial charge in [-0.15, -0.1) is 12.4 Å². The first kappa shape index (κ1) is 19.7. The Morgan fingerprint density at radius 1 is 0.926 bits per heavy atom. The summed E-state index contributed by atoms with van der Waals surface area (Å²) in [5, 5.41) is 0. The van der Waals surface area contributed by atoms with Crippen LogP contribution in [0.15, 0.2) is 60.3 Å². The Bertz CT molecular complexity index is 861. The van der Waals surface area contributed by atoms with Crippen molar-refractivity contribution in [1.29, 1.82) is 0 Å². The van der Waals surface area contributed by atoms with Crippen molar-refractivity contribution in [3.05, 3.63) is 65.9 Å². The fourth-order valence-electron chi connectivity index (χ4n) is 3.48. The molecular formula is C21H22ClN3OSe. The van der Waals surface area contributed by atoms with Gasteiger partial charge in [-0.25, -0.2) is 0 Å². The molecule has 6 heteroatoms. The number of amides is 1. The van der Waals surface area contributed by atoms with Crippen LogP contribution in [0.1, 0.15) is 18.4 Å². The predicted molar refractivity (Wildman–Crippen MR) is 116 cm³/mol. The smallest absolute Gasteiger partial charge is 0.147 e. The minimum Gasteiger partial charge on any atom is -0.147 e. The number of hydrogen-bond acceptors (Lipinski definition) is 3. The van der Waals surface area contributed by atoms with Gasteiger partial charge in [0.25, 0.3) is 0 Å². The molecule has 2 aliphatic heterocycles. The van der Waals surface area contributed by atoms with Gasteiger partial charge in [-0.3, -0.25) is 0 Å². The number of rotatable bonds is 3. The monoisotopic (exact) mass is 447 g/mol. The van der Waals surface area contributed by atoms with Crippen molar-refractivity contribution in [1.82, 2.24) is 4.90 Å². The Morgan fingerprint density at radius 3 is 2.19 bits per heavy atom. The van der Waals surface area contributed by atoms with E-state index in [2.05, 4.69) is 44.7 Å². The average Bonchev–Trinajstić information content (AvgIpc) is 3.27. The molecule has 2 aromatic carbocycles. The third-order valence-corrected chi connectivity index (χ3v) is 5.90. The van der Waals surface area contributed by atoms with E-state index < -0.39 is 0 Å². The molecule has 0 unspecified atom stereocenters. The molecule has 2 aromatic rings. The summed E-state index contributed by atoms with van der Waals surface area (Å²) in [4.78, 5) is 19.0. The molecule has 0 N–H and O–H groups in total. The SMILES string of the molecule is CN1C(=[Se])N(c2ccccc2)C(=O)C1=Cc1ccc(N2CCCC2)cc1.Cl. The number of para-hydroxylation sites is 1. The van der Waals surface area contributed by atoms with Gasteiger partial charge in [0.1, 0.15) is 0 Å². The van der Waals surface area contributed by atoms with E-state index in [1.54, 1.807) is 4.90 Å². The van der Waals surface area contributed by atoms with Crippen molar-refractivity contribution in [3.63, 3.8) is 0 Å². The van der Waals surface area contributed by atoms with Crippen LogP contribution in [-0.4, -0.2) is 51.2 Å². The first-order chi connectivity index (χ1) is 12.6. The van der Waals surface area contributed by atoms with E-state index in [0.29, 0.717) is 5.70 Å². The molecule has 0 saturated carbocycles. The van der Waals surface area contributed by atoms with E-state index in [-0.39, 0.29) is 18.3 Å². The van der Waals surface area contributed by atoms with Gasteiger partial charge in [0.15, 0.2) is 0 Å². The molecule has 0 aromatic heterocycles. The molecule has 0 atom stereocenters. The van der Waals surface area contributed by atoms with Gasteiger partial charge >= 0.3 is 162 Å². The summed E-state index contributed by atoms with van der Waals surface area (Å²) in [5.74, 6) is -0.0175. The molecular weight excluding hydrogens is 425 g/mol. The van der Waals surface area contributed by atoms with Gasteiger partial charge in [0.05, 0.1) is 0 Å². The van der Waals surface area contributed by atoms with Crippen molar-refractivity contribution < 1.29 is 4.79 Å². The second kappa shape index (κ2) is 8.30. The predicted octanol–water partition coefficient (Wildman–Crippen LogP) is 3.28. The molecule has 0 radical (unpaired) electrons. The first-order valence-electron chi connectivity index (χ1n) is 8.89. The van der Waals surface area contributed by atoms with E-state index in [1.807, 2.05) is 48.4 Å². The molecule has 0 spiro atoms. The molecule has 1 amide bonds. The van der Waals surface area contributed by atoms with Crippen molar-refractivity contribution in [3.8, 4) is 0 Å². The maximum atomic E-state index is 13.0. The van der Waals surface area contributed by atoms with Crippen LogP contribution in [0, 0.1) is 0 Å². The molecule has 2 heterocycles. The van der Waals surface area contributed by atoms with Gasteiger partial charge in [0, 0.05) is 0 Å². The van der Waals surface area contributed by atoms with Crippen molar-refractivity contribution >= 4 is 56.0 Å².